The molecule has 16 heavy (non-hydrogen) atoms. The largest absolute Gasteiger partial charge is 0.389 e. The van der Waals surface area contributed by atoms with Crippen LogP contribution in [0.4, 0.5) is 18.3 Å². The number of alkyl halides is 3. The maximum Gasteiger partial charge on any atom is 0.389 e. The molecule has 0 aliphatic carbocycles. The number of aromatic nitrogens is 1. The predicted molar refractivity (Wildman–Crippen MR) is 54.1 cm³/mol. The summed E-state index contributed by atoms with van der Waals surface area (Å²) >= 11 is 1.10. The van der Waals surface area contributed by atoms with Gasteiger partial charge >= 0.3 is 6.18 Å². The molecule has 1 aromatic heterocycles. The van der Waals surface area contributed by atoms with E-state index in [1.807, 2.05) is 0 Å². The van der Waals surface area contributed by atoms with Gasteiger partial charge in [0.1, 0.15) is 5.69 Å². The minimum atomic E-state index is -4.18. The average Bonchev–Trinajstić information content (AvgIpc) is 2.57. The first kappa shape index (κ1) is 12.8. The van der Waals surface area contributed by atoms with Crippen molar-refractivity contribution in [2.75, 3.05) is 12.3 Å². The molecule has 1 heterocycles. The Bertz CT molecular complexity index is 364. The van der Waals surface area contributed by atoms with Crippen LogP contribution >= 0.6 is 11.3 Å². The van der Waals surface area contributed by atoms with Gasteiger partial charge in [-0.05, 0) is 6.42 Å². The van der Waals surface area contributed by atoms with E-state index in [0.717, 1.165) is 11.3 Å². The lowest BCUT2D eigenvalue weighted by Crippen LogP contribution is -2.25. The Balaban J connectivity index is 2.26. The highest BCUT2D eigenvalue weighted by molar-refractivity contribution is 7.13. The third-order valence-corrected chi connectivity index (χ3v) is 2.35. The molecule has 1 rings (SSSR count). The summed E-state index contributed by atoms with van der Waals surface area (Å²) in [7, 11) is 0. The van der Waals surface area contributed by atoms with E-state index in [2.05, 4.69) is 10.3 Å². The number of nitrogen functional groups attached to an aromatic ring is 1. The van der Waals surface area contributed by atoms with Gasteiger partial charge in [-0.25, -0.2) is 4.98 Å². The van der Waals surface area contributed by atoms with E-state index in [4.69, 9.17) is 5.73 Å². The lowest BCUT2D eigenvalue weighted by molar-refractivity contribution is -0.135. The Morgan fingerprint density at radius 1 is 1.56 bits per heavy atom. The molecule has 1 aromatic rings. The molecule has 0 atom stereocenters. The molecule has 8 heteroatoms. The van der Waals surface area contributed by atoms with E-state index in [1.165, 1.54) is 5.38 Å². The zero-order chi connectivity index (χ0) is 12.2. The molecule has 0 aromatic carbocycles. The average molecular weight is 253 g/mol. The smallest absolute Gasteiger partial charge is 0.375 e. The Morgan fingerprint density at radius 2 is 2.25 bits per heavy atom. The molecule has 0 aliphatic heterocycles. The van der Waals surface area contributed by atoms with Crippen molar-refractivity contribution >= 4 is 22.4 Å². The number of hydrogen-bond acceptors (Lipinski definition) is 4. The summed E-state index contributed by atoms with van der Waals surface area (Å²) in [4.78, 5) is 15.0. The number of amides is 1. The second-order valence-corrected chi connectivity index (χ2v) is 3.94. The Kier molecular flexibility index (Phi) is 4.11. The molecule has 0 saturated heterocycles. The number of nitrogens with two attached hydrogens (primary N) is 1. The first-order valence-electron chi connectivity index (χ1n) is 4.44. The molecule has 0 aliphatic rings. The summed E-state index contributed by atoms with van der Waals surface area (Å²) in [5, 5.41) is 4.04. The van der Waals surface area contributed by atoms with Crippen LogP contribution in [0.1, 0.15) is 23.3 Å². The fourth-order valence-corrected chi connectivity index (χ4v) is 1.52. The minimum Gasteiger partial charge on any atom is -0.375 e. The quantitative estimate of drug-likeness (QED) is 0.804. The molecule has 1 amide bonds. The molecule has 0 fully saturated rings. The molecular formula is C8H10F3N3OS. The first-order valence-corrected chi connectivity index (χ1v) is 5.32. The van der Waals surface area contributed by atoms with Crippen molar-refractivity contribution in [3.8, 4) is 0 Å². The van der Waals surface area contributed by atoms with Crippen molar-refractivity contribution in [3.63, 3.8) is 0 Å². The van der Waals surface area contributed by atoms with E-state index in [9.17, 15) is 18.0 Å². The topological polar surface area (TPSA) is 68.0 Å². The molecule has 90 valence electrons. The summed E-state index contributed by atoms with van der Waals surface area (Å²) < 4.78 is 35.3. The molecule has 0 bridgehead atoms. The maximum absolute atomic E-state index is 11.8. The van der Waals surface area contributed by atoms with Gasteiger partial charge in [0.2, 0.25) is 0 Å². The van der Waals surface area contributed by atoms with E-state index >= 15 is 0 Å². The lowest BCUT2D eigenvalue weighted by atomic mass is 10.3. The van der Waals surface area contributed by atoms with Gasteiger partial charge in [0.25, 0.3) is 5.91 Å². The van der Waals surface area contributed by atoms with E-state index in [1.54, 1.807) is 0 Å². The lowest BCUT2D eigenvalue weighted by Gasteiger charge is -2.06. The Labute approximate surface area is 93.7 Å². The van der Waals surface area contributed by atoms with Gasteiger partial charge in [0.05, 0.1) is 0 Å². The van der Waals surface area contributed by atoms with Crippen LogP contribution in [0.3, 0.4) is 0 Å². The molecular weight excluding hydrogens is 243 g/mol. The normalized spacial score (nSPS) is 11.4. The second kappa shape index (κ2) is 5.15. The predicted octanol–water partition coefficient (Wildman–Crippen LogP) is 1.80. The molecule has 0 unspecified atom stereocenters. The number of nitrogens with zero attached hydrogens (tertiary/aromatic N) is 1. The second-order valence-electron chi connectivity index (χ2n) is 3.05. The van der Waals surface area contributed by atoms with Gasteiger partial charge < -0.3 is 11.1 Å². The van der Waals surface area contributed by atoms with Crippen LogP contribution in [0.25, 0.3) is 0 Å². The van der Waals surface area contributed by atoms with Crippen LogP contribution in [0, 0.1) is 0 Å². The third-order valence-electron chi connectivity index (χ3n) is 1.68. The maximum atomic E-state index is 11.8. The summed E-state index contributed by atoms with van der Waals surface area (Å²) in [6.45, 7) is -0.0320. The number of halogens is 3. The van der Waals surface area contributed by atoms with Crippen LogP contribution in [0.2, 0.25) is 0 Å². The molecule has 0 spiro atoms. The SMILES string of the molecule is Nc1nc(C(=O)NCCCC(F)(F)F)cs1. The standard InChI is InChI=1S/C8H10F3N3OS/c9-8(10,11)2-1-3-13-6(15)5-4-16-7(12)14-5/h4H,1-3H2,(H2,12,14)(H,13,15). The van der Waals surface area contributed by atoms with E-state index in [-0.39, 0.29) is 23.8 Å². The zero-order valence-corrected chi connectivity index (χ0v) is 8.99. The van der Waals surface area contributed by atoms with Crippen molar-refractivity contribution in [1.82, 2.24) is 10.3 Å². The van der Waals surface area contributed by atoms with Crippen LogP contribution in [-0.2, 0) is 0 Å². The Hall–Kier alpha value is -1.31. The van der Waals surface area contributed by atoms with Crippen molar-refractivity contribution < 1.29 is 18.0 Å². The van der Waals surface area contributed by atoms with Gasteiger partial charge in [-0.3, -0.25) is 4.79 Å². The number of rotatable bonds is 4. The molecule has 0 radical (unpaired) electrons. The molecule has 0 saturated carbocycles. The van der Waals surface area contributed by atoms with Gasteiger partial charge in [0.15, 0.2) is 5.13 Å². The fourth-order valence-electron chi connectivity index (χ4n) is 0.973. The number of carbonyl (C=O) groups is 1. The van der Waals surface area contributed by atoms with Gasteiger partial charge in [-0.2, -0.15) is 13.2 Å². The van der Waals surface area contributed by atoms with Crippen LogP contribution < -0.4 is 11.1 Å². The summed E-state index contributed by atoms with van der Waals surface area (Å²) in [5.74, 6) is -0.505. The monoisotopic (exact) mass is 253 g/mol. The van der Waals surface area contributed by atoms with Gasteiger partial charge in [0, 0.05) is 18.3 Å². The Morgan fingerprint density at radius 3 is 2.75 bits per heavy atom. The fraction of sp³-hybridized carbons (Fsp3) is 0.500. The highest BCUT2D eigenvalue weighted by Gasteiger charge is 2.26. The van der Waals surface area contributed by atoms with Crippen molar-refractivity contribution in [2.24, 2.45) is 0 Å². The summed E-state index contributed by atoms with van der Waals surface area (Å²) in [6.07, 6.45) is -5.24. The number of thiazole rings is 1. The third kappa shape index (κ3) is 4.47. The van der Waals surface area contributed by atoms with Gasteiger partial charge in [-0.15, -0.1) is 11.3 Å². The highest BCUT2D eigenvalue weighted by Crippen LogP contribution is 2.20. The van der Waals surface area contributed by atoms with Crippen molar-refractivity contribution in [1.29, 1.82) is 0 Å². The van der Waals surface area contributed by atoms with Crippen molar-refractivity contribution in [2.45, 2.75) is 19.0 Å². The molecule has 4 nitrogen and oxygen atoms in total. The minimum absolute atomic E-state index is 0.0320. The van der Waals surface area contributed by atoms with Gasteiger partial charge in [-0.1, -0.05) is 0 Å². The van der Waals surface area contributed by atoms with Crippen molar-refractivity contribution in [3.05, 3.63) is 11.1 Å². The van der Waals surface area contributed by atoms with Crippen LogP contribution in [0.5, 0.6) is 0 Å². The van der Waals surface area contributed by atoms with Crippen LogP contribution in [0.15, 0.2) is 5.38 Å². The number of nitrogens with one attached hydrogen (secondary N) is 1. The molecule has 3 N–H and O–H groups in total. The first-order chi connectivity index (χ1) is 7.38. The van der Waals surface area contributed by atoms with E-state index in [0.29, 0.717) is 0 Å². The zero-order valence-electron chi connectivity index (χ0n) is 8.17. The number of anilines is 1. The number of hydrogen-bond donors (Lipinski definition) is 2. The van der Waals surface area contributed by atoms with Crippen LogP contribution in [-0.4, -0.2) is 23.6 Å². The number of carbonyl (C=O) groups excluding carboxylic acids is 1. The highest BCUT2D eigenvalue weighted by atomic mass is 32.1. The summed E-state index contributed by atoms with van der Waals surface area (Å²) in [6, 6.07) is 0. The van der Waals surface area contributed by atoms with E-state index < -0.39 is 18.5 Å². The summed E-state index contributed by atoms with van der Waals surface area (Å²) in [5.41, 5.74) is 5.44.